The van der Waals surface area contributed by atoms with Crippen molar-refractivity contribution in [2.24, 2.45) is 0 Å². The van der Waals surface area contributed by atoms with Crippen LogP contribution in [0.5, 0.6) is 0 Å². The van der Waals surface area contributed by atoms with E-state index in [1.165, 1.54) is 12.1 Å². The molecule has 0 aliphatic rings. The van der Waals surface area contributed by atoms with Gasteiger partial charge in [-0.15, -0.1) is 0 Å². The molecular formula is C12H20N2O4S. The van der Waals surface area contributed by atoms with Crippen molar-refractivity contribution >= 4 is 15.7 Å². The highest BCUT2D eigenvalue weighted by Crippen LogP contribution is 2.14. The van der Waals surface area contributed by atoms with Crippen molar-refractivity contribution in [3.05, 3.63) is 24.3 Å². The summed E-state index contributed by atoms with van der Waals surface area (Å²) in [7, 11) is -1.87. The van der Waals surface area contributed by atoms with Gasteiger partial charge >= 0.3 is 0 Å². The van der Waals surface area contributed by atoms with Crippen LogP contribution in [0.4, 0.5) is 5.69 Å². The third kappa shape index (κ3) is 4.79. The number of ether oxygens (including phenoxy) is 1. The van der Waals surface area contributed by atoms with Gasteiger partial charge in [-0.2, -0.15) is 0 Å². The van der Waals surface area contributed by atoms with Gasteiger partial charge in [0.15, 0.2) is 0 Å². The molecule has 7 heteroatoms. The molecule has 6 nitrogen and oxygen atoms in total. The molecule has 0 bridgehead atoms. The molecule has 1 rings (SSSR count). The second-order valence-corrected chi connectivity index (χ2v) is 5.77. The summed E-state index contributed by atoms with van der Waals surface area (Å²) in [4.78, 5) is 0.215. The van der Waals surface area contributed by atoms with Crippen LogP contribution in [0, 0.1) is 0 Å². The van der Waals surface area contributed by atoms with Crippen molar-refractivity contribution < 1.29 is 18.3 Å². The van der Waals surface area contributed by atoms with Gasteiger partial charge in [-0.25, -0.2) is 13.1 Å². The fourth-order valence-corrected chi connectivity index (χ4v) is 2.62. The molecule has 1 atom stereocenters. The lowest BCUT2D eigenvalue weighted by Gasteiger charge is -2.16. The minimum absolute atomic E-state index is 0.0642. The molecule has 0 aliphatic carbocycles. The second kappa shape index (κ2) is 7.44. The minimum Gasteiger partial charge on any atom is -0.394 e. The molecule has 0 saturated heterocycles. The first-order valence-corrected chi connectivity index (χ1v) is 7.48. The molecule has 1 unspecified atom stereocenters. The monoisotopic (exact) mass is 288 g/mol. The molecule has 1 aromatic rings. The number of sulfonamides is 1. The van der Waals surface area contributed by atoms with Crippen LogP contribution in [-0.2, 0) is 14.8 Å². The summed E-state index contributed by atoms with van der Waals surface area (Å²) >= 11 is 0. The van der Waals surface area contributed by atoms with Crippen LogP contribution in [0.1, 0.15) is 6.92 Å². The van der Waals surface area contributed by atoms with Crippen LogP contribution in [0.25, 0.3) is 0 Å². The van der Waals surface area contributed by atoms with E-state index in [9.17, 15) is 8.42 Å². The van der Waals surface area contributed by atoms with E-state index in [1.54, 1.807) is 26.2 Å². The van der Waals surface area contributed by atoms with Crippen LogP contribution in [0.15, 0.2) is 29.2 Å². The van der Waals surface area contributed by atoms with Gasteiger partial charge in [-0.05, 0) is 24.3 Å². The molecule has 0 spiro atoms. The molecule has 0 fully saturated rings. The summed E-state index contributed by atoms with van der Waals surface area (Å²) in [5.41, 5.74) is 0.728. The Balaban J connectivity index is 2.76. The minimum atomic E-state index is -3.42. The normalized spacial score (nSPS) is 13.2. The molecule has 0 heterocycles. The molecule has 108 valence electrons. The van der Waals surface area contributed by atoms with Crippen molar-refractivity contribution in [2.75, 3.05) is 32.2 Å². The van der Waals surface area contributed by atoms with E-state index in [-0.39, 0.29) is 17.5 Å². The number of benzene rings is 1. The second-order valence-electron chi connectivity index (χ2n) is 4.00. The number of methoxy groups -OCH3 is 1. The largest absolute Gasteiger partial charge is 0.394 e. The third-order valence-corrected chi connectivity index (χ3v) is 4.02. The van der Waals surface area contributed by atoms with Gasteiger partial charge in [-0.1, -0.05) is 6.92 Å². The Hall–Kier alpha value is -1.15. The average molecular weight is 288 g/mol. The first-order chi connectivity index (χ1) is 9.03. The highest BCUT2D eigenvalue weighted by atomic mass is 32.2. The Bertz CT molecular complexity index is 473. The number of nitrogens with one attached hydrogen (secondary N) is 2. The quantitative estimate of drug-likeness (QED) is 0.644. The van der Waals surface area contributed by atoms with E-state index in [1.807, 2.05) is 0 Å². The Kier molecular flexibility index (Phi) is 6.23. The molecule has 0 amide bonds. The number of aliphatic hydroxyl groups is 1. The standard InChI is InChI=1S/C12H20N2O4S/c1-3-13-19(16,17)12-6-4-10(5-7-12)14-11(8-15)9-18-2/h4-7,11,13-15H,3,8-9H2,1-2H3. The van der Waals surface area contributed by atoms with Crippen LogP contribution in [0.3, 0.4) is 0 Å². The van der Waals surface area contributed by atoms with Gasteiger partial charge in [0, 0.05) is 19.3 Å². The molecule has 0 radical (unpaired) electrons. The maximum Gasteiger partial charge on any atom is 0.240 e. The maximum atomic E-state index is 11.7. The lowest BCUT2D eigenvalue weighted by atomic mass is 10.2. The van der Waals surface area contributed by atoms with E-state index in [0.717, 1.165) is 5.69 Å². The van der Waals surface area contributed by atoms with Gasteiger partial charge in [0.1, 0.15) is 0 Å². The number of aliphatic hydroxyl groups excluding tert-OH is 1. The Labute approximate surface area is 113 Å². The number of hydrogen-bond donors (Lipinski definition) is 3. The maximum absolute atomic E-state index is 11.7. The summed E-state index contributed by atoms with van der Waals surface area (Å²) in [5, 5.41) is 12.2. The summed E-state index contributed by atoms with van der Waals surface area (Å²) < 4.78 is 30.8. The van der Waals surface area contributed by atoms with E-state index in [4.69, 9.17) is 9.84 Å². The summed E-state index contributed by atoms with van der Waals surface area (Å²) in [6, 6.07) is 6.12. The van der Waals surface area contributed by atoms with Crippen LogP contribution in [-0.4, -0.2) is 46.4 Å². The third-order valence-electron chi connectivity index (χ3n) is 2.46. The summed E-state index contributed by atoms with van der Waals surface area (Å²) in [6.45, 7) is 2.38. The zero-order chi connectivity index (χ0) is 14.3. The SMILES string of the molecule is CCNS(=O)(=O)c1ccc(NC(CO)COC)cc1. The Morgan fingerprint density at radius 2 is 1.95 bits per heavy atom. The van der Waals surface area contributed by atoms with Crippen molar-refractivity contribution in [3.63, 3.8) is 0 Å². The van der Waals surface area contributed by atoms with Gasteiger partial charge in [0.05, 0.1) is 24.2 Å². The van der Waals surface area contributed by atoms with Crippen molar-refractivity contribution in [2.45, 2.75) is 17.9 Å². The Morgan fingerprint density at radius 1 is 1.32 bits per heavy atom. The summed E-state index contributed by atoms with van der Waals surface area (Å²) in [5.74, 6) is 0. The van der Waals surface area contributed by atoms with Gasteiger partial charge in [-0.3, -0.25) is 0 Å². The van der Waals surface area contributed by atoms with Crippen LogP contribution in [0.2, 0.25) is 0 Å². The fraction of sp³-hybridized carbons (Fsp3) is 0.500. The predicted octanol–water partition coefficient (Wildman–Crippen LogP) is 0.404. The first-order valence-electron chi connectivity index (χ1n) is 5.99. The predicted molar refractivity (Wildman–Crippen MR) is 73.7 cm³/mol. The van der Waals surface area contributed by atoms with Gasteiger partial charge in [0.2, 0.25) is 10.0 Å². The first kappa shape index (κ1) is 15.9. The highest BCUT2D eigenvalue weighted by Gasteiger charge is 2.12. The molecular weight excluding hydrogens is 268 g/mol. The topological polar surface area (TPSA) is 87.7 Å². The average Bonchev–Trinajstić information content (AvgIpc) is 2.39. The van der Waals surface area contributed by atoms with E-state index in [2.05, 4.69) is 10.0 Å². The van der Waals surface area contributed by atoms with Gasteiger partial charge in [0.25, 0.3) is 0 Å². The zero-order valence-electron chi connectivity index (χ0n) is 11.1. The van der Waals surface area contributed by atoms with Crippen molar-refractivity contribution in [1.82, 2.24) is 4.72 Å². The number of hydrogen-bond acceptors (Lipinski definition) is 5. The smallest absolute Gasteiger partial charge is 0.240 e. The number of anilines is 1. The van der Waals surface area contributed by atoms with Crippen molar-refractivity contribution in [1.29, 1.82) is 0 Å². The highest BCUT2D eigenvalue weighted by molar-refractivity contribution is 7.89. The molecule has 0 aliphatic heterocycles. The molecule has 0 aromatic heterocycles. The van der Waals surface area contributed by atoms with E-state index in [0.29, 0.717) is 13.2 Å². The van der Waals surface area contributed by atoms with E-state index < -0.39 is 10.0 Å². The molecule has 0 saturated carbocycles. The van der Waals surface area contributed by atoms with Crippen LogP contribution >= 0.6 is 0 Å². The zero-order valence-corrected chi connectivity index (χ0v) is 11.9. The molecule has 19 heavy (non-hydrogen) atoms. The molecule has 3 N–H and O–H groups in total. The van der Waals surface area contributed by atoms with E-state index >= 15 is 0 Å². The lowest BCUT2D eigenvalue weighted by molar-refractivity contribution is 0.153. The molecule has 1 aromatic carbocycles. The lowest BCUT2D eigenvalue weighted by Crippen LogP contribution is -2.28. The van der Waals surface area contributed by atoms with Gasteiger partial charge < -0.3 is 15.2 Å². The Morgan fingerprint density at radius 3 is 2.42 bits per heavy atom. The van der Waals surface area contributed by atoms with Crippen LogP contribution < -0.4 is 10.0 Å². The number of rotatable bonds is 8. The summed E-state index contributed by atoms with van der Waals surface area (Å²) in [6.07, 6.45) is 0. The fourth-order valence-electron chi connectivity index (χ4n) is 1.58. The van der Waals surface area contributed by atoms with Crippen molar-refractivity contribution in [3.8, 4) is 0 Å².